The first-order valence-electron chi connectivity index (χ1n) is 8.56. The van der Waals surface area contributed by atoms with Crippen LogP contribution in [-0.4, -0.2) is 34.6 Å². The summed E-state index contributed by atoms with van der Waals surface area (Å²) in [5, 5.41) is 7.71. The van der Waals surface area contributed by atoms with Crippen molar-refractivity contribution in [2.75, 3.05) is 24.3 Å². The summed E-state index contributed by atoms with van der Waals surface area (Å²) >= 11 is 0. The highest BCUT2D eigenvalue weighted by Gasteiger charge is 2.41. The van der Waals surface area contributed by atoms with Gasteiger partial charge in [0.1, 0.15) is 12.4 Å². The summed E-state index contributed by atoms with van der Waals surface area (Å²) in [7, 11) is 4.03. The second-order valence-electron chi connectivity index (χ2n) is 7.87. The fraction of sp³-hybridized carbons (Fsp3) is 0.421. The minimum absolute atomic E-state index is 0.0373. The van der Waals surface area contributed by atoms with E-state index in [-0.39, 0.29) is 17.2 Å². The van der Waals surface area contributed by atoms with Crippen molar-refractivity contribution in [3.05, 3.63) is 47.4 Å². The van der Waals surface area contributed by atoms with Gasteiger partial charge in [0.2, 0.25) is 5.95 Å². The van der Waals surface area contributed by atoms with E-state index in [0.717, 1.165) is 28.9 Å². The zero-order chi connectivity index (χ0) is 17.8. The summed E-state index contributed by atoms with van der Waals surface area (Å²) < 4.78 is 1.82. The van der Waals surface area contributed by atoms with Crippen LogP contribution in [0.1, 0.15) is 38.3 Å². The molecule has 6 heteroatoms. The maximum absolute atomic E-state index is 13.0. The number of anilines is 2. The molecule has 25 heavy (non-hydrogen) atoms. The standard InChI is InChI=1S/C19H23N5O/c1-19(2)9-14-16(15(25)10-19)17(24-18(22-14)20-11-21-24)12-5-7-13(8-6-12)23(3)4/h5-8,11,17H,9-10H2,1-4H3,(H,20,21,22)/t17-/m0/s1. The molecule has 1 N–H and O–H groups in total. The van der Waals surface area contributed by atoms with Gasteiger partial charge >= 0.3 is 0 Å². The van der Waals surface area contributed by atoms with Gasteiger partial charge in [-0.3, -0.25) is 4.79 Å². The fourth-order valence-corrected chi connectivity index (χ4v) is 3.81. The van der Waals surface area contributed by atoms with Crippen molar-refractivity contribution in [2.24, 2.45) is 5.41 Å². The number of benzene rings is 1. The molecule has 0 spiro atoms. The van der Waals surface area contributed by atoms with E-state index >= 15 is 0 Å². The quantitative estimate of drug-likeness (QED) is 0.913. The van der Waals surface area contributed by atoms with E-state index in [2.05, 4.69) is 58.4 Å². The number of ketones is 1. The van der Waals surface area contributed by atoms with Crippen molar-refractivity contribution >= 4 is 17.4 Å². The Kier molecular flexibility index (Phi) is 3.45. The number of hydrogen-bond donors (Lipinski definition) is 1. The van der Waals surface area contributed by atoms with Gasteiger partial charge in [-0.15, -0.1) is 0 Å². The SMILES string of the molecule is CN(C)c1ccc([C@H]2C3=C(CC(C)(C)CC3=O)Nc3ncnn32)cc1. The van der Waals surface area contributed by atoms with Crippen LogP contribution in [0.2, 0.25) is 0 Å². The Hall–Kier alpha value is -2.63. The summed E-state index contributed by atoms with van der Waals surface area (Å²) in [5.41, 5.74) is 3.96. The molecule has 4 rings (SSSR count). The van der Waals surface area contributed by atoms with Gasteiger partial charge < -0.3 is 10.2 Å². The fourth-order valence-electron chi connectivity index (χ4n) is 3.81. The summed E-state index contributed by atoms with van der Waals surface area (Å²) in [4.78, 5) is 19.4. The highest BCUT2D eigenvalue weighted by Crippen LogP contribution is 2.45. The van der Waals surface area contributed by atoms with Gasteiger partial charge in [0.05, 0.1) is 0 Å². The number of aromatic nitrogens is 3. The van der Waals surface area contributed by atoms with Crippen molar-refractivity contribution in [1.82, 2.24) is 14.8 Å². The molecule has 1 aromatic heterocycles. The van der Waals surface area contributed by atoms with Crippen molar-refractivity contribution < 1.29 is 4.79 Å². The number of nitrogens with one attached hydrogen (secondary N) is 1. The van der Waals surface area contributed by atoms with Crippen molar-refractivity contribution in [2.45, 2.75) is 32.7 Å². The normalized spacial score (nSPS) is 21.4. The van der Waals surface area contributed by atoms with E-state index in [0.29, 0.717) is 12.4 Å². The molecule has 1 aliphatic heterocycles. The second kappa shape index (κ2) is 5.44. The predicted octanol–water partition coefficient (Wildman–Crippen LogP) is 3.00. The Bertz CT molecular complexity index is 860. The summed E-state index contributed by atoms with van der Waals surface area (Å²) in [6.45, 7) is 4.27. The van der Waals surface area contributed by atoms with E-state index in [1.807, 2.05) is 18.8 Å². The predicted molar refractivity (Wildman–Crippen MR) is 97.6 cm³/mol. The Morgan fingerprint density at radius 1 is 1.20 bits per heavy atom. The number of carbonyl (C=O) groups is 1. The van der Waals surface area contributed by atoms with Crippen LogP contribution in [0, 0.1) is 5.41 Å². The van der Waals surface area contributed by atoms with Gasteiger partial charge in [0.15, 0.2) is 5.78 Å². The van der Waals surface area contributed by atoms with Gasteiger partial charge in [-0.05, 0) is 29.5 Å². The lowest BCUT2D eigenvalue weighted by molar-refractivity contribution is -0.118. The number of fused-ring (bicyclic) bond motifs is 1. The third-order valence-corrected chi connectivity index (χ3v) is 5.00. The van der Waals surface area contributed by atoms with Gasteiger partial charge in [0, 0.05) is 37.5 Å². The number of hydrogen-bond acceptors (Lipinski definition) is 5. The van der Waals surface area contributed by atoms with Gasteiger partial charge in [-0.2, -0.15) is 10.1 Å². The molecular weight excluding hydrogens is 314 g/mol. The first-order chi connectivity index (χ1) is 11.9. The van der Waals surface area contributed by atoms with Crippen molar-refractivity contribution in [3.8, 4) is 0 Å². The molecule has 0 amide bonds. The summed E-state index contributed by atoms with van der Waals surface area (Å²) in [6.07, 6.45) is 2.94. The number of carbonyl (C=O) groups excluding carboxylic acids is 1. The maximum atomic E-state index is 13.0. The molecular formula is C19H23N5O. The molecule has 6 nitrogen and oxygen atoms in total. The molecule has 2 aromatic rings. The molecule has 1 aromatic carbocycles. The highest BCUT2D eigenvalue weighted by atomic mass is 16.1. The third-order valence-electron chi connectivity index (χ3n) is 5.00. The zero-order valence-corrected chi connectivity index (χ0v) is 15.1. The van der Waals surface area contributed by atoms with E-state index in [1.165, 1.54) is 6.33 Å². The van der Waals surface area contributed by atoms with Crippen molar-refractivity contribution in [3.63, 3.8) is 0 Å². The van der Waals surface area contributed by atoms with Crippen LogP contribution in [0.15, 0.2) is 41.9 Å². The van der Waals surface area contributed by atoms with Crippen LogP contribution >= 0.6 is 0 Å². The molecule has 0 saturated heterocycles. The van der Waals surface area contributed by atoms with Gasteiger partial charge in [-0.1, -0.05) is 26.0 Å². The van der Waals surface area contributed by atoms with Crippen molar-refractivity contribution in [1.29, 1.82) is 0 Å². The van der Waals surface area contributed by atoms with E-state index in [4.69, 9.17) is 0 Å². The lowest BCUT2D eigenvalue weighted by atomic mass is 9.73. The molecule has 0 radical (unpaired) electrons. The summed E-state index contributed by atoms with van der Waals surface area (Å²) in [6, 6.07) is 8.09. The van der Waals surface area contributed by atoms with E-state index in [1.54, 1.807) is 0 Å². The highest BCUT2D eigenvalue weighted by molar-refractivity contribution is 6.00. The van der Waals surface area contributed by atoms with Crippen LogP contribution in [-0.2, 0) is 4.79 Å². The Morgan fingerprint density at radius 3 is 2.60 bits per heavy atom. The van der Waals surface area contributed by atoms with E-state index in [9.17, 15) is 4.79 Å². The number of rotatable bonds is 2. The first-order valence-corrected chi connectivity index (χ1v) is 8.56. The number of nitrogens with zero attached hydrogens (tertiary/aromatic N) is 4. The van der Waals surface area contributed by atoms with Crippen LogP contribution in [0.4, 0.5) is 11.6 Å². The molecule has 130 valence electrons. The molecule has 2 aliphatic rings. The smallest absolute Gasteiger partial charge is 0.226 e. The molecule has 1 aliphatic carbocycles. The maximum Gasteiger partial charge on any atom is 0.226 e. The monoisotopic (exact) mass is 337 g/mol. The number of Topliss-reactive ketones (excluding diaryl/α,β-unsaturated/α-hetero) is 1. The third kappa shape index (κ3) is 2.62. The molecule has 1 atom stereocenters. The topological polar surface area (TPSA) is 63.1 Å². The van der Waals surface area contributed by atoms with Crippen LogP contribution in [0.5, 0.6) is 0 Å². The van der Waals surface area contributed by atoms with Crippen LogP contribution in [0.3, 0.4) is 0 Å². The molecule has 0 fully saturated rings. The largest absolute Gasteiger partial charge is 0.378 e. The Balaban J connectivity index is 1.84. The van der Waals surface area contributed by atoms with Crippen LogP contribution in [0.25, 0.3) is 0 Å². The lowest BCUT2D eigenvalue weighted by Gasteiger charge is -2.38. The number of allylic oxidation sites excluding steroid dienone is 2. The summed E-state index contributed by atoms with van der Waals surface area (Å²) in [5.74, 6) is 0.896. The Morgan fingerprint density at radius 2 is 1.92 bits per heavy atom. The molecule has 0 bridgehead atoms. The lowest BCUT2D eigenvalue weighted by Crippen LogP contribution is -2.36. The zero-order valence-electron chi connectivity index (χ0n) is 15.1. The first kappa shape index (κ1) is 15.9. The second-order valence-corrected chi connectivity index (χ2v) is 7.87. The minimum Gasteiger partial charge on any atom is -0.378 e. The average molecular weight is 337 g/mol. The van der Waals surface area contributed by atoms with Gasteiger partial charge in [0.25, 0.3) is 0 Å². The molecule has 0 unspecified atom stereocenters. The molecule has 2 heterocycles. The van der Waals surface area contributed by atoms with Crippen LogP contribution < -0.4 is 10.2 Å². The molecule has 0 saturated carbocycles. The van der Waals surface area contributed by atoms with E-state index < -0.39 is 0 Å². The van der Waals surface area contributed by atoms with Gasteiger partial charge in [-0.25, -0.2) is 4.68 Å². The minimum atomic E-state index is -0.214. The average Bonchev–Trinajstić information content (AvgIpc) is 2.99. The Labute approximate surface area is 147 Å².